The van der Waals surface area contributed by atoms with E-state index in [-0.39, 0.29) is 5.91 Å². The van der Waals surface area contributed by atoms with E-state index in [1.54, 1.807) is 12.4 Å². The molecule has 2 heterocycles. The first-order valence-corrected chi connectivity index (χ1v) is 7.47. The van der Waals surface area contributed by atoms with Crippen molar-refractivity contribution in [3.05, 3.63) is 16.9 Å². The average molecular weight is 327 g/mol. The van der Waals surface area contributed by atoms with Gasteiger partial charge < -0.3 is 10.2 Å². The molecule has 1 aliphatic rings. The maximum Gasteiger partial charge on any atom is 0.224 e. The van der Waals surface area contributed by atoms with Crippen LogP contribution in [0, 0.1) is 0 Å². The molecule has 0 bridgehead atoms. The minimum absolute atomic E-state index is 0.219. The van der Waals surface area contributed by atoms with E-state index in [9.17, 15) is 4.79 Å². The average Bonchev–Trinajstić information content (AvgIpc) is 2.41. The lowest BCUT2D eigenvalue weighted by molar-refractivity contribution is -0.134. The van der Waals surface area contributed by atoms with Crippen LogP contribution in [-0.4, -0.2) is 39.9 Å². The summed E-state index contributed by atoms with van der Waals surface area (Å²) < 4.78 is 0.844. The minimum atomic E-state index is 0.219. The van der Waals surface area contributed by atoms with Gasteiger partial charge in [0.1, 0.15) is 0 Å². The maximum absolute atomic E-state index is 12.1. The standard InChI is InChI=1S/C13H19BrN4O/c1-10-4-2-3-7-18(10)12(19)5-6-15-13-16-8-11(14)9-17-13/h8-10H,2-7H2,1H3,(H,15,16,17). The Morgan fingerprint density at radius 2 is 2.21 bits per heavy atom. The third-order valence-electron chi connectivity index (χ3n) is 3.37. The van der Waals surface area contributed by atoms with Crippen LogP contribution < -0.4 is 5.32 Å². The van der Waals surface area contributed by atoms with Gasteiger partial charge in [0.2, 0.25) is 11.9 Å². The van der Waals surface area contributed by atoms with Gasteiger partial charge >= 0.3 is 0 Å². The number of likely N-dealkylation sites (tertiary alicyclic amines) is 1. The lowest BCUT2D eigenvalue weighted by Gasteiger charge is -2.33. The van der Waals surface area contributed by atoms with E-state index in [1.165, 1.54) is 6.42 Å². The molecule has 1 atom stereocenters. The van der Waals surface area contributed by atoms with E-state index in [4.69, 9.17) is 0 Å². The number of anilines is 1. The van der Waals surface area contributed by atoms with Crippen molar-refractivity contribution in [1.29, 1.82) is 0 Å². The molecule has 6 heteroatoms. The van der Waals surface area contributed by atoms with Crippen molar-refractivity contribution in [3.8, 4) is 0 Å². The normalized spacial score (nSPS) is 19.3. The summed E-state index contributed by atoms with van der Waals surface area (Å²) in [7, 11) is 0. The quantitative estimate of drug-likeness (QED) is 0.923. The smallest absolute Gasteiger partial charge is 0.224 e. The third kappa shape index (κ3) is 4.16. The lowest BCUT2D eigenvalue weighted by Crippen LogP contribution is -2.42. The molecule has 1 saturated heterocycles. The number of rotatable bonds is 4. The molecule has 0 aliphatic carbocycles. The third-order valence-corrected chi connectivity index (χ3v) is 3.78. The van der Waals surface area contributed by atoms with E-state index in [0.29, 0.717) is 25.0 Å². The molecule has 1 aromatic heterocycles. The van der Waals surface area contributed by atoms with Gasteiger partial charge in [-0.15, -0.1) is 0 Å². The zero-order valence-corrected chi connectivity index (χ0v) is 12.7. The van der Waals surface area contributed by atoms with Gasteiger partial charge in [0.15, 0.2) is 0 Å². The summed E-state index contributed by atoms with van der Waals surface area (Å²) in [5.41, 5.74) is 0. The predicted octanol–water partition coefficient (Wildman–Crippen LogP) is 2.44. The Morgan fingerprint density at radius 1 is 1.47 bits per heavy atom. The Hall–Kier alpha value is -1.17. The highest BCUT2D eigenvalue weighted by Gasteiger charge is 2.22. The second-order valence-electron chi connectivity index (χ2n) is 4.83. The van der Waals surface area contributed by atoms with Gasteiger partial charge in [0.25, 0.3) is 0 Å². The molecule has 0 aromatic carbocycles. The molecule has 1 aromatic rings. The lowest BCUT2D eigenvalue weighted by atomic mass is 10.0. The molecule has 0 radical (unpaired) electrons. The summed E-state index contributed by atoms with van der Waals surface area (Å²) in [6, 6.07) is 0.380. The van der Waals surface area contributed by atoms with Gasteiger partial charge in [-0.1, -0.05) is 0 Å². The fourth-order valence-corrected chi connectivity index (χ4v) is 2.50. The molecule has 104 valence electrons. The summed E-state index contributed by atoms with van der Waals surface area (Å²) in [4.78, 5) is 22.3. The van der Waals surface area contributed by atoms with Crippen LogP contribution in [-0.2, 0) is 4.79 Å². The molecule has 5 nitrogen and oxygen atoms in total. The minimum Gasteiger partial charge on any atom is -0.354 e. The summed E-state index contributed by atoms with van der Waals surface area (Å²) in [6.45, 7) is 3.60. The van der Waals surface area contributed by atoms with E-state index in [2.05, 4.69) is 38.1 Å². The maximum atomic E-state index is 12.1. The largest absolute Gasteiger partial charge is 0.354 e. The van der Waals surface area contributed by atoms with Gasteiger partial charge in [0.05, 0.1) is 4.47 Å². The SMILES string of the molecule is CC1CCCCN1C(=O)CCNc1ncc(Br)cn1. The molecule has 0 spiro atoms. The van der Waals surface area contributed by atoms with E-state index in [0.717, 1.165) is 23.9 Å². The van der Waals surface area contributed by atoms with Crippen LogP contribution >= 0.6 is 15.9 Å². The number of amides is 1. The summed E-state index contributed by atoms with van der Waals surface area (Å²) >= 11 is 3.28. The highest BCUT2D eigenvalue weighted by atomic mass is 79.9. The number of aromatic nitrogens is 2. The van der Waals surface area contributed by atoms with Gasteiger partial charge in [-0.05, 0) is 42.1 Å². The molecule has 2 rings (SSSR count). The second-order valence-corrected chi connectivity index (χ2v) is 5.75. The van der Waals surface area contributed by atoms with Crippen molar-refractivity contribution >= 4 is 27.8 Å². The zero-order chi connectivity index (χ0) is 13.7. The molecule has 1 amide bonds. The van der Waals surface area contributed by atoms with Crippen LogP contribution in [0.25, 0.3) is 0 Å². The van der Waals surface area contributed by atoms with E-state index in [1.807, 2.05) is 4.90 Å². The van der Waals surface area contributed by atoms with E-state index < -0.39 is 0 Å². The highest BCUT2D eigenvalue weighted by Crippen LogP contribution is 2.17. The highest BCUT2D eigenvalue weighted by molar-refractivity contribution is 9.10. The number of carbonyl (C=O) groups is 1. The van der Waals surface area contributed by atoms with Crippen LogP contribution in [0.15, 0.2) is 16.9 Å². The Bertz CT molecular complexity index is 423. The molecule has 1 unspecified atom stereocenters. The number of carbonyl (C=O) groups excluding carboxylic acids is 1. The fraction of sp³-hybridized carbons (Fsp3) is 0.615. The van der Waals surface area contributed by atoms with Crippen LogP contribution in [0.4, 0.5) is 5.95 Å². The predicted molar refractivity (Wildman–Crippen MR) is 77.9 cm³/mol. The van der Waals surface area contributed by atoms with Gasteiger partial charge in [-0.25, -0.2) is 9.97 Å². The molecule has 1 aliphatic heterocycles. The molecular weight excluding hydrogens is 308 g/mol. The molecule has 19 heavy (non-hydrogen) atoms. The van der Waals surface area contributed by atoms with Crippen molar-refractivity contribution in [2.75, 3.05) is 18.4 Å². The number of hydrogen-bond donors (Lipinski definition) is 1. The van der Waals surface area contributed by atoms with Crippen LogP contribution in [0.3, 0.4) is 0 Å². The number of nitrogens with one attached hydrogen (secondary N) is 1. The summed E-state index contributed by atoms with van der Waals surface area (Å²) in [6.07, 6.45) is 7.34. The monoisotopic (exact) mass is 326 g/mol. The Labute approximate surface area is 121 Å². The molecule has 1 N–H and O–H groups in total. The fourth-order valence-electron chi connectivity index (χ4n) is 2.30. The van der Waals surface area contributed by atoms with Gasteiger partial charge in [-0.3, -0.25) is 4.79 Å². The van der Waals surface area contributed by atoms with Crippen molar-refractivity contribution in [3.63, 3.8) is 0 Å². The van der Waals surface area contributed by atoms with Gasteiger partial charge in [0, 0.05) is 37.9 Å². The van der Waals surface area contributed by atoms with E-state index >= 15 is 0 Å². The number of hydrogen-bond acceptors (Lipinski definition) is 4. The first-order chi connectivity index (χ1) is 9.16. The van der Waals surface area contributed by atoms with Crippen molar-refractivity contribution < 1.29 is 4.79 Å². The Balaban J connectivity index is 1.75. The summed E-state index contributed by atoms with van der Waals surface area (Å²) in [5.74, 6) is 0.777. The molecule has 1 fully saturated rings. The van der Waals surface area contributed by atoms with Crippen molar-refractivity contribution in [1.82, 2.24) is 14.9 Å². The van der Waals surface area contributed by atoms with Crippen molar-refractivity contribution in [2.24, 2.45) is 0 Å². The Kier molecular flexibility index (Phi) is 5.13. The van der Waals surface area contributed by atoms with Crippen LogP contribution in [0.5, 0.6) is 0 Å². The number of halogens is 1. The number of piperidine rings is 1. The summed E-state index contributed by atoms with van der Waals surface area (Å²) in [5, 5.41) is 3.07. The molecule has 0 saturated carbocycles. The molecular formula is C13H19BrN4O. The number of nitrogens with zero attached hydrogens (tertiary/aromatic N) is 3. The van der Waals surface area contributed by atoms with Crippen molar-refractivity contribution in [2.45, 2.75) is 38.6 Å². The first kappa shape index (κ1) is 14.2. The topological polar surface area (TPSA) is 58.1 Å². The first-order valence-electron chi connectivity index (χ1n) is 6.67. The second kappa shape index (κ2) is 6.84. The zero-order valence-electron chi connectivity index (χ0n) is 11.1. The Morgan fingerprint density at radius 3 is 2.89 bits per heavy atom. The van der Waals surface area contributed by atoms with Gasteiger partial charge in [-0.2, -0.15) is 0 Å². The van der Waals surface area contributed by atoms with Crippen LogP contribution in [0.2, 0.25) is 0 Å². The van der Waals surface area contributed by atoms with Crippen LogP contribution in [0.1, 0.15) is 32.6 Å².